The van der Waals surface area contributed by atoms with Gasteiger partial charge in [-0.1, -0.05) is 11.6 Å². The van der Waals surface area contributed by atoms with Gasteiger partial charge in [-0.15, -0.1) is 0 Å². The number of aliphatic hydroxyl groups excluding tert-OH is 1. The van der Waals surface area contributed by atoms with Gasteiger partial charge in [0, 0.05) is 0 Å². The summed E-state index contributed by atoms with van der Waals surface area (Å²) in [5, 5.41) is 17.2. The Morgan fingerprint density at radius 3 is 2.75 bits per heavy atom. The highest BCUT2D eigenvalue weighted by atomic mass is 16.5. The molecule has 0 aromatic heterocycles. The minimum Gasteiger partial charge on any atom is -0.368 e. The summed E-state index contributed by atoms with van der Waals surface area (Å²) in [5.41, 5.74) is 1.57. The van der Waals surface area contributed by atoms with E-state index in [0.29, 0.717) is 6.42 Å². The molecule has 0 spiro atoms. The fourth-order valence-corrected chi connectivity index (χ4v) is 1.64. The van der Waals surface area contributed by atoms with Gasteiger partial charge in [0.1, 0.15) is 0 Å². The van der Waals surface area contributed by atoms with Crippen LogP contribution in [0.25, 0.3) is 0 Å². The molecule has 2 N–H and O–H groups in total. The lowest BCUT2D eigenvalue weighted by Gasteiger charge is -2.03. The lowest BCUT2D eigenvalue weighted by atomic mass is 10.1. The van der Waals surface area contributed by atoms with Gasteiger partial charge < -0.3 is 10.2 Å². The molecule has 0 atom stereocenters. The molecule has 0 unspecified atom stereocenters. The van der Waals surface area contributed by atoms with Crippen molar-refractivity contribution in [2.45, 2.75) is 51.2 Å². The van der Waals surface area contributed by atoms with E-state index >= 15 is 0 Å². The van der Waals surface area contributed by atoms with Gasteiger partial charge in [-0.2, -0.15) is 0 Å². The first-order chi connectivity index (χ1) is 5.79. The van der Waals surface area contributed by atoms with Crippen molar-refractivity contribution in [1.82, 2.24) is 0 Å². The third-order valence-corrected chi connectivity index (χ3v) is 2.35. The molecule has 70 valence electrons. The van der Waals surface area contributed by atoms with Crippen LogP contribution in [0.5, 0.6) is 0 Å². The molecular formula is C10H18O2. The highest BCUT2D eigenvalue weighted by Crippen LogP contribution is 2.22. The van der Waals surface area contributed by atoms with E-state index in [0.717, 1.165) is 19.3 Å². The van der Waals surface area contributed by atoms with E-state index in [1.807, 2.05) is 0 Å². The maximum absolute atomic E-state index is 8.59. The standard InChI is InChI=1S/C10H18O2/c11-10(12)8-4-3-7-9-5-1-2-6-9/h5,10-12H,1-4,6-8H2. The topological polar surface area (TPSA) is 40.5 Å². The Morgan fingerprint density at radius 2 is 2.17 bits per heavy atom. The highest BCUT2D eigenvalue weighted by Gasteiger charge is 2.04. The summed E-state index contributed by atoms with van der Waals surface area (Å²) in [7, 11) is 0. The molecule has 2 nitrogen and oxygen atoms in total. The van der Waals surface area contributed by atoms with E-state index in [9.17, 15) is 0 Å². The molecule has 0 saturated heterocycles. The number of unbranched alkanes of at least 4 members (excludes halogenated alkanes) is 1. The van der Waals surface area contributed by atoms with E-state index in [-0.39, 0.29) is 0 Å². The molecule has 0 aromatic carbocycles. The molecule has 1 aliphatic carbocycles. The third-order valence-electron chi connectivity index (χ3n) is 2.35. The predicted molar refractivity (Wildman–Crippen MR) is 48.6 cm³/mol. The van der Waals surface area contributed by atoms with Crippen LogP contribution in [-0.4, -0.2) is 16.5 Å². The van der Waals surface area contributed by atoms with Crippen LogP contribution >= 0.6 is 0 Å². The molecule has 0 fully saturated rings. The van der Waals surface area contributed by atoms with Crippen molar-refractivity contribution >= 4 is 0 Å². The molecule has 0 amide bonds. The van der Waals surface area contributed by atoms with Gasteiger partial charge in [-0.25, -0.2) is 0 Å². The summed E-state index contributed by atoms with van der Waals surface area (Å²) in [6.07, 6.45) is 8.76. The molecule has 2 heteroatoms. The van der Waals surface area contributed by atoms with Crippen LogP contribution in [0.4, 0.5) is 0 Å². The van der Waals surface area contributed by atoms with Crippen LogP contribution in [0, 0.1) is 0 Å². The van der Waals surface area contributed by atoms with E-state index in [2.05, 4.69) is 6.08 Å². The molecule has 0 aromatic rings. The first kappa shape index (κ1) is 9.75. The summed E-state index contributed by atoms with van der Waals surface area (Å²) in [6.45, 7) is 0. The van der Waals surface area contributed by atoms with Crippen LogP contribution in [0.1, 0.15) is 44.9 Å². The lowest BCUT2D eigenvalue weighted by molar-refractivity contribution is -0.0465. The minimum atomic E-state index is -1.11. The summed E-state index contributed by atoms with van der Waals surface area (Å²) in [6, 6.07) is 0. The van der Waals surface area contributed by atoms with E-state index < -0.39 is 6.29 Å². The van der Waals surface area contributed by atoms with E-state index in [1.54, 1.807) is 5.57 Å². The molecule has 0 heterocycles. The monoisotopic (exact) mass is 170 g/mol. The van der Waals surface area contributed by atoms with Gasteiger partial charge in [0.15, 0.2) is 6.29 Å². The van der Waals surface area contributed by atoms with Gasteiger partial charge in [-0.3, -0.25) is 0 Å². The zero-order valence-electron chi connectivity index (χ0n) is 7.50. The lowest BCUT2D eigenvalue weighted by Crippen LogP contribution is -2.02. The fraction of sp³-hybridized carbons (Fsp3) is 0.800. The highest BCUT2D eigenvalue weighted by molar-refractivity contribution is 5.06. The SMILES string of the molecule is OC(O)CCCCC1=CCCC1. The second-order valence-corrected chi connectivity index (χ2v) is 3.48. The number of rotatable bonds is 5. The largest absolute Gasteiger partial charge is 0.368 e. The maximum atomic E-state index is 8.59. The summed E-state index contributed by atoms with van der Waals surface area (Å²) in [5.74, 6) is 0. The minimum absolute atomic E-state index is 0.521. The quantitative estimate of drug-likeness (QED) is 0.376. The second-order valence-electron chi connectivity index (χ2n) is 3.48. The molecule has 0 radical (unpaired) electrons. The van der Waals surface area contributed by atoms with Crippen molar-refractivity contribution in [2.24, 2.45) is 0 Å². The van der Waals surface area contributed by atoms with Crippen molar-refractivity contribution in [3.05, 3.63) is 11.6 Å². The molecule has 0 bridgehead atoms. The van der Waals surface area contributed by atoms with Crippen LogP contribution in [0.2, 0.25) is 0 Å². The maximum Gasteiger partial charge on any atom is 0.151 e. The number of hydrogen-bond acceptors (Lipinski definition) is 2. The molecule has 1 rings (SSSR count). The van der Waals surface area contributed by atoms with Crippen LogP contribution in [0.15, 0.2) is 11.6 Å². The Hall–Kier alpha value is -0.340. The summed E-state index contributed by atoms with van der Waals surface area (Å²) >= 11 is 0. The molecule has 12 heavy (non-hydrogen) atoms. The van der Waals surface area contributed by atoms with E-state index in [1.165, 1.54) is 19.3 Å². The van der Waals surface area contributed by atoms with Gasteiger partial charge in [0.25, 0.3) is 0 Å². The van der Waals surface area contributed by atoms with Crippen molar-refractivity contribution in [3.63, 3.8) is 0 Å². The van der Waals surface area contributed by atoms with Crippen LogP contribution in [0.3, 0.4) is 0 Å². The molecule has 1 aliphatic rings. The Bertz CT molecular complexity index is 150. The Balaban J connectivity index is 1.95. The zero-order valence-corrected chi connectivity index (χ0v) is 7.50. The first-order valence-corrected chi connectivity index (χ1v) is 4.83. The molecular weight excluding hydrogens is 152 g/mol. The Kier molecular flexibility index (Phi) is 4.33. The second kappa shape index (κ2) is 5.33. The smallest absolute Gasteiger partial charge is 0.151 e. The van der Waals surface area contributed by atoms with Crippen molar-refractivity contribution < 1.29 is 10.2 Å². The van der Waals surface area contributed by atoms with Gasteiger partial charge in [0.05, 0.1) is 0 Å². The van der Waals surface area contributed by atoms with Crippen molar-refractivity contribution in [3.8, 4) is 0 Å². The first-order valence-electron chi connectivity index (χ1n) is 4.83. The van der Waals surface area contributed by atoms with Crippen molar-refractivity contribution in [1.29, 1.82) is 0 Å². The average molecular weight is 170 g/mol. The normalized spacial score (nSPS) is 17.1. The van der Waals surface area contributed by atoms with Crippen LogP contribution in [-0.2, 0) is 0 Å². The molecule has 0 aliphatic heterocycles. The fourth-order valence-electron chi connectivity index (χ4n) is 1.64. The zero-order chi connectivity index (χ0) is 8.81. The Labute approximate surface area is 73.9 Å². The summed E-state index contributed by atoms with van der Waals surface area (Å²) in [4.78, 5) is 0. The molecule has 0 saturated carbocycles. The van der Waals surface area contributed by atoms with Crippen LogP contribution < -0.4 is 0 Å². The number of aliphatic hydroxyl groups is 2. The van der Waals surface area contributed by atoms with Gasteiger partial charge in [-0.05, 0) is 44.9 Å². The number of allylic oxidation sites excluding steroid dienone is 2. The average Bonchev–Trinajstić information content (AvgIpc) is 2.49. The van der Waals surface area contributed by atoms with E-state index in [4.69, 9.17) is 10.2 Å². The Morgan fingerprint density at radius 1 is 1.33 bits per heavy atom. The predicted octanol–water partition coefficient (Wildman–Crippen LogP) is 1.97. The van der Waals surface area contributed by atoms with Gasteiger partial charge >= 0.3 is 0 Å². The number of hydrogen-bond donors (Lipinski definition) is 2. The van der Waals surface area contributed by atoms with Crippen molar-refractivity contribution in [2.75, 3.05) is 0 Å². The third kappa shape index (κ3) is 3.88. The van der Waals surface area contributed by atoms with Gasteiger partial charge in [0.2, 0.25) is 0 Å². The summed E-state index contributed by atoms with van der Waals surface area (Å²) < 4.78 is 0.